The second-order valence-corrected chi connectivity index (χ2v) is 6.94. The molecule has 1 amide bonds. The molecule has 5 nitrogen and oxygen atoms in total. The average Bonchev–Trinajstić information content (AvgIpc) is 3.16. The van der Waals surface area contributed by atoms with Crippen molar-refractivity contribution in [1.82, 2.24) is 5.16 Å². The van der Waals surface area contributed by atoms with Crippen LogP contribution in [0.5, 0.6) is 0 Å². The molecule has 1 fully saturated rings. The van der Waals surface area contributed by atoms with Gasteiger partial charge in [0.15, 0.2) is 5.69 Å². The molecule has 9 heteroatoms. The van der Waals surface area contributed by atoms with E-state index in [9.17, 15) is 23.1 Å². The Hall–Kier alpha value is -2.06. The van der Waals surface area contributed by atoms with Gasteiger partial charge in [-0.15, -0.1) is 0 Å². The Balaban J connectivity index is 2.06. The fraction of sp³-hybridized carbons (Fsp3) is 0.444. The van der Waals surface area contributed by atoms with Crippen molar-refractivity contribution in [3.05, 3.63) is 46.3 Å². The van der Waals surface area contributed by atoms with E-state index in [1.54, 1.807) is 0 Å². The summed E-state index contributed by atoms with van der Waals surface area (Å²) < 4.78 is 44.7. The quantitative estimate of drug-likeness (QED) is 0.765. The lowest BCUT2D eigenvalue weighted by Gasteiger charge is -2.33. The smallest absolute Gasteiger partial charge is 0.396 e. The number of hydrogen-bond donors (Lipinski definition) is 2. The Kier molecular flexibility index (Phi) is 5.76. The highest BCUT2D eigenvalue weighted by atomic mass is 35.5. The summed E-state index contributed by atoms with van der Waals surface area (Å²) in [6.45, 7) is -0.159. The number of alkyl halides is 3. The topological polar surface area (TPSA) is 75.4 Å². The summed E-state index contributed by atoms with van der Waals surface area (Å²) in [6, 6.07) is 3.39. The lowest BCUT2D eigenvalue weighted by molar-refractivity contribution is -0.137. The summed E-state index contributed by atoms with van der Waals surface area (Å²) in [5, 5.41) is 15.4. The molecule has 2 N–H and O–H groups in total. The number of aliphatic hydroxyl groups excluding tert-OH is 1. The first-order valence-electron chi connectivity index (χ1n) is 8.55. The highest BCUT2D eigenvalue weighted by Gasteiger charge is 2.38. The van der Waals surface area contributed by atoms with Crippen molar-refractivity contribution in [2.45, 2.75) is 37.8 Å². The van der Waals surface area contributed by atoms with Crippen molar-refractivity contribution < 1.29 is 27.6 Å². The second-order valence-electron chi connectivity index (χ2n) is 6.56. The Morgan fingerprint density at radius 3 is 2.67 bits per heavy atom. The SMILES string of the molecule is O=C(Nc1ccc(C(F)(F)F)c(Cl)c1[C@H]1CCCC[C@H]1CO)c1ccon1. The third kappa shape index (κ3) is 4.11. The summed E-state index contributed by atoms with van der Waals surface area (Å²) in [7, 11) is 0. The highest BCUT2D eigenvalue weighted by molar-refractivity contribution is 6.33. The van der Waals surface area contributed by atoms with E-state index in [0.717, 1.165) is 18.9 Å². The van der Waals surface area contributed by atoms with Gasteiger partial charge in [0.2, 0.25) is 0 Å². The van der Waals surface area contributed by atoms with Gasteiger partial charge in [0.05, 0.1) is 10.6 Å². The van der Waals surface area contributed by atoms with Crippen molar-refractivity contribution in [1.29, 1.82) is 0 Å². The number of carbonyl (C=O) groups excluding carboxylic acids is 1. The van der Waals surface area contributed by atoms with Crippen molar-refractivity contribution >= 4 is 23.2 Å². The normalized spacial score (nSPS) is 20.5. The third-order valence-electron chi connectivity index (χ3n) is 4.92. The third-order valence-corrected chi connectivity index (χ3v) is 5.33. The molecule has 0 spiro atoms. The molecule has 0 bridgehead atoms. The minimum absolute atomic E-state index is 0.000627. The van der Waals surface area contributed by atoms with Crippen LogP contribution in [-0.4, -0.2) is 22.8 Å². The Labute approximate surface area is 158 Å². The predicted molar refractivity (Wildman–Crippen MR) is 92.7 cm³/mol. The van der Waals surface area contributed by atoms with Crippen LogP contribution < -0.4 is 5.32 Å². The van der Waals surface area contributed by atoms with E-state index in [1.165, 1.54) is 18.4 Å². The summed E-state index contributed by atoms with van der Waals surface area (Å²) in [5.74, 6) is -1.22. The van der Waals surface area contributed by atoms with Gasteiger partial charge in [-0.05, 0) is 42.4 Å². The second kappa shape index (κ2) is 7.90. The van der Waals surface area contributed by atoms with Crippen LogP contribution in [0.2, 0.25) is 5.02 Å². The molecule has 0 unspecified atom stereocenters. The van der Waals surface area contributed by atoms with Crippen LogP contribution in [0.25, 0.3) is 0 Å². The summed E-state index contributed by atoms with van der Waals surface area (Å²) in [5.41, 5.74) is -0.561. The first kappa shape index (κ1) is 19.7. The van der Waals surface area contributed by atoms with E-state index >= 15 is 0 Å². The van der Waals surface area contributed by atoms with Crippen LogP contribution in [0.15, 0.2) is 29.0 Å². The molecule has 146 valence electrons. The predicted octanol–water partition coefficient (Wildman–Crippen LogP) is 4.87. The van der Waals surface area contributed by atoms with Crippen LogP contribution in [0, 0.1) is 5.92 Å². The van der Waals surface area contributed by atoms with E-state index in [1.807, 2.05) is 0 Å². The summed E-state index contributed by atoms with van der Waals surface area (Å²) in [6.07, 6.45) is -0.435. The molecule has 1 aromatic carbocycles. The number of anilines is 1. The standard InChI is InChI=1S/C18H18ClF3N2O3/c19-16-12(18(20,21)22)5-6-13(23-17(26)14-7-8-27-24-14)15(16)11-4-2-1-3-10(11)9-25/h5-8,10-11,25H,1-4,9H2,(H,23,26)/t10-,11-/m0/s1. The molecule has 2 aromatic rings. The van der Waals surface area contributed by atoms with Gasteiger partial charge >= 0.3 is 6.18 Å². The van der Waals surface area contributed by atoms with Gasteiger partial charge in [-0.2, -0.15) is 13.2 Å². The van der Waals surface area contributed by atoms with E-state index < -0.39 is 22.7 Å². The zero-order valence-electron chi connectivity index (χ0n) is 14.2. The average molecular weight is 403 g/mol. The zero-order chi connectivity index (χ0) is 19.6. The molecule has 1 aliphatic rings. The van der Waals surface area contributed by atoms with Crippen molar-refractivity contribution in [2.75, 3.05) is 11.9 Å². The van der Waals surface area contributed by atoms with E-state index in [0.29, 0.717) is 12.8 Å². The fourth-order valence-electron chi connectivity index (χ4n) is 3.61. The van der Waals surface area contributed by atoms with Gasteiger partial charge in [-0.1, -0.05) is 29.6 Å². The fourth-order valence-corrected chi connectivity index (χ4v) is 4.02. The number of rotatable bonds is 4. The molecule has 0 aliphatic heterocycles. The lowest BCUT2D eigenvalue weighted by Crippen LogP contribution is -2.24. The first-order valence-corrected chi connectivity index (χ1v) is 8.93. The van der Waals surface area contributed by atoms with Crippen LogP contribution in [0.1, 0.15) is 53.2 Å². The van der Waals surface area contributed by atoms with Crippen LogP contribution in [0.4, 0.5) is 18.9 Å². The van der Waals surface area contributed by atoms with E-state index in [2.05, 4.69) is 15.0 Å². The van der Waals surface area contributed by atoms with Gasteiger partial charge in [-0.25, -0.2) is 0 Å². The Morgan fingerprint density at radius 1 is 1.30 bits per heavy atom. The molecular formula is C18H18ClF3N2O3. The van der Waals surface area contributed by atoms with Gasteiger partial charge in [-0.3, -0.25) is 4.79 Å². The molecule has 0 saturated heterocycles. The molecule has 3 rings (SSSR count). The summed E-state index contributed by atoms with van der Waals surface area (Å²) >= 11 is 6.18. The molecule has 27 heavy (non-hydrogen) atoms. The van der Waals surface area contributed by atoms with Crippen LogP contribution in [-0.2, 0) is 6.18 Å². The lowest BCUT2D eigenvalue weighted by atomic mass is 9.75. The maximum atomic E-state index is 13.3. The maximum Gasteiger partial charge on any atom is 0.417 e. The molecular weight excluding hydrogens is 385 g/mol. The number of nitrogens with zero attached hydrogens (tertiary/aromatic N) is 1. The number of hydrogen-bond acceptors (Lipinski definition) is 4. The molecule has 2 atom stereocenters. The van der Waals surface area contributed by atoms with Gasteiger partial charge in [0.1, 0.15) is 6.26 Å². The van der Waals surface area contributed by atoms with Crippen LogP contribution in [0.3, 0.4) is 0 Å². The van der Waals surface area contributed by atoms with E-state index in [-0.39, 0.29) is 35.4 Å². The molecule has 1 aromatic heterocycles. The monoisotopic (exact) mass is 402 g/mol. The number of aromatic nitrogens is 1. The van der Waals surface area contributed by atoms with Gasteiger partial charge < -0.3 is 14.9 Å². The van der Waals surface area contributed by atoms with Gasteiger partial charge in [0.25, 0.3) is 5.91 Å². The van der Waals surface area contributed by atoms with Crippen molar-refractivity contribution in [2.24, 2.45) is 5.92 Å². The molecule has 1 heterocycles. The Bertz CT molecular complexity index is 809. The molecule has 1 aliphatic carbocycles. The maximum absolute atomic E-state index is 13.3. The number of benzene rings is 1. The number of aliphatic hydroxyl groups is 1. The van der Waals surface area contributed by atoms with Gasteiger partial charge in [0, 0.05) is 18.4 Å². The number of carbonyl (C=O) groups is 1. The molecule has 1 saturated carbocycles. The largest absolute Gasteiger partial charge is 0.417 e. The minimum Gasteiger partial charge on any atom is -0.396 e. The summed E-state index contributed by atoms with van der Waals surface area (Å²) in [4.78, 5) is 12.3. The van der Waals surface area contributed by atoms with Crippen molar-refractivity contribution in [3.63, 3.8) is 0 Å². The molecule has 0 radical (unpaired) electrons. The number of nitrogens with one attached hydrogen (secondary N) is 1. The highest BCUT2D eigenvalue weighted by Crippen LogP contribution is 2.47. The first-order chi connectivity index (χ1) is 12.8. The van der Waals surface area contributed by atoms with Crippen LogP contribution >= 0.6 is 11.6 Å². The van der Waals surface area contributed by atoms with Crippen molar-refractivity contribution in [3.8, 4) is 0 Å². The minimum atomic E-state index is -4.62. The number of halogens is 4. The zero-order valence-corrected chi connectivity index (χ0v) is 15.0. The van der Waals surface area contributed by atoms with E-state index in [4.69, 9.17) is 11.6 Å². The number of amides is 1. The Morgan fingerprint density at radius 2 is 2.04 bits per heavy atom.